The van der Waals surface area contributed by atoms with Crippen molar-refractivity contribution in [2.24, 2.45) is 29.6 Å². The van der Waals surface area contributed by atoms with E-state index >= 15 is 0 Å². The third-order valence-electron chi connectivity index (χ3n) is 9.39. The van der Waals surface area contributed by atoms with E-state index in [4.69, 9.17) is 0 Å². The van der Waals surface area contributed by atoms with Crippen LogP contribution in [-0.4, -0.2) is 5.75 Å². The molecule has 1 heterocycles. The van der Waals surface area contributed by atoms with Crippen molar-refractivity contribution in [3.8, 4) is 0 Å². The third kappa shape index (κ3) is 6.48. The second kappa shape index (κ2) is 12.9. The first-order chi connectivity index (χ1) is 16.6. The molecule has 1 aromatic carbocycles. The van der Waals surface area contributed by atoms with Gasteiger partial charge in [0.2, 0.25) is 0 Å². The van der Waals surface area contributed by atoms with Crippen molar-refractivity contribution in [3.05, 3.63) is 47.0 Å². The molecule has 0 spiro atoms. The Hall–Kier alpha value is -0.830. The summed E-state index contributed by atoms with van der Waals surface area (Å²) >= 11 is 1.89. The summed E-state index contributed by atoms with van der Waals surface area (Å²) in [7, 11) is 0. The fourth-order valence-electron chi connectivity index (χ4n) is 7.24. The van der Waals surface area contributed by atoms with Crippen LogP contribution < -0.4 is 0 Å². The molecular weight excluding hydrogens is 442 g/mol. The molecule has 2 aliphatic carbocycles. The van der Waals surface area contributed by atoms with Crippen LogP contribution in [0.3, 0.4) is 0 Å². The highest BCUT2D eigenvalue weighted by atomic mass is 32.2. The average molecular weight is 489 g/mol. The average Bonchev–Trinajstić information content (AvgIpc) is 2.88. The maximum atomic E-state index is 14.8. The first-order valence-electron chi connectivity index (χ1n) is 14.3. The van der Waals surface area contributed by atoms with Crippen molar-refractivity contribution < 1.29 is 8.78 Å². The minimum absolute atomic E-state index is 0.126. The summed E-state index contributed by atoms with van der Waals surface area (Å²) in [4.78, 5) is 0. The minimum Gasteiger partial charge on any atom is -0.203 e. The molecule has 3 heteroatoms. The molecule has 3 fully saturated rings. The van der Waals surface area contributed by atoms with E-state index in [0.717, 1.165) is 48.2 Å². The van der Waals surface area contributed by atoms with Crippen LogP contribution in [0.15, 0.2) is 24.3 Å². The molecule has 1 aromatic rings. The lowest BCUT2D eigenvalue weighted by molar-refractivity contribution is 0.124. The van der Waals surface area contributed by atoms with Crippen molar-refractivity contribution in [1.29, 1.82) is 0 Å². The molecule has 1 aliphatic heterocycles. The van der Waals surface area contributed by atoms with E-state index in [1.54, 1.807) is 0 Å². The second-order valence-electron chi connectivity index (χ2n) is 11.5. The van der Waals surface area contributed by atoms with Gasteiger partial charge in [-0.05, 0) is 118 Å². The molecule has 190 valence electrons. The normalized spacial score (nSPS) is 32.8. The molecule has 34 heavy (non-hydrogen) atoms. The molecule has 1 unspecified atom stereocenters. The largest absolute Gasteiger partial charge is 0.203 e. The lowest BCUT2D eigenvalue weighted by Crippen LogP contribution is -2.30. The summed E-state index contributed by atoms with van der Waals surface area (Å²) < 4.78 is 29.2. The van der Waals surface area contributed by atoms with Gasteiger partial charge in [0.05, 0.1) is 0 Å². The van der Waals surface area contributed by atoms with E-state index < -0.39 is 11.6 Å². The van der Waals surface area contributed by atoms with E-state index in [1.807, 2.05) is 30.8 Å². The lowest BCUT2D eigenvalue weighted by atomic mass is 9.67. The van der Waals surface area contributed by atoms with E-state index in [-0.39, 0.29) is 5.25 Å². The zero-order valence-electron chi connectivity index (χ0n) is 21.5. The summed E-state index contributed by atoms with van der Waals surface area (Å²) in [5.74, 6) is 4.48. The van der Waals surface area contributed by atoms with E-state index in [0.29, 0.717) is 17.5 Å². The maximum absolute atomic E-state index is 14.8. The number of allylic oxidation sites excluding steroid dienone is 2. The zero-order valence-corrected chi connectivity index (χ0v) is 22.4. The molecule has 0 bridgehead atoms. The van der Waals surface area contributed by atoms with Gasteiger partial charge in [0.1, 0.15) is 0 Å². The van der Waals surface area contributed by atoms with Gasteiger partial charge < -0.3 is 0 Å². The summed E-state index contributed by atoms with van der Waals surface area (Å²) in [6.45, 7) is 4.14. The number of benzene rings is 1. The van der Waals surface area contributed by atoms with Gasteiger partial charge in [-0.25, -0.2) is 8.78 Å². The fraction of sp³-hybridized carbons (Fsp3) is 0.742. The van der Waals surface area contributed by atoms with E-state index in [1.165, 1.54) is 70.6 Å². The Kier molecular flexibility index (Phi) is 9.98. The quantitative estimate of drug-likeness (QED) is 0.328. The highest BCUT2D eigenvalue weighted by Crippen LogP contribution is 2.49. The standard InChI is InChI=1S/C31H46F2S/c1-3-5-6-8-22-9-11-23(12-10-22)24-13-15-25(16-14-24)27-18-20-29(34-21-27)28-19-17-26(7-4-2)30(32)31(28)33/h3,5,17,19,22-25,27,29H,4,6-16,18,20-21H2,1-2H3/b5-3+/t22?,23?,24?,25?,27?,29-/m0/s1. The van der Waals surface area contributed by atoms with Crippen LogP contribution in [0.5, 0.6) is 0 Å². The molecule has 0 amide bonds. The van der Waals surface area contributed by atoms with Gasteiger partial charge in [0.25, 0.3) is 0 Å². The molecular formula is C31H46F2S. The van der Waals surface area contributed by atoms with Crippen molar-refractivity contribution in [1.82, 2.24) is 0 Å². The number of rotatable bonds is 8. The van der Waals surface area contributed by atoms with Crippen LogP contribution in [0.2, 0.25) is 0 Å². The van der Waals surface area contributed by atoms with Crippen molar-refractivity contribution in [2.45, 2.75) is 109 Å². The zero-order chi connectivity index (χ0) is 23.9. The molecule has 0 N–H and O–H groups in total. The van der Waals surface area contributed by atoms with Crippen molar-refractivity contribution in [3.63, 3.8) is 0 Å². The van der Waals surface area contributed by atoms with Crippen LogP contribution in [0.1, 0.15) is 114 Å². The van der Waals surface area contributed by atoms with Gasteiger partial charge in [0, 0.05) is 10.8 Å². The Bertz CT molecular complexity index is 779. The fourth-order valence-corrected chi connectivity index (χ4v) is 8.82. The van der Waals surface area contributed by atoms with Crippen molar-refractivity contribution in [2.75, 3.05) is 5.75 Å². The Morgan fingerprint density at radius 3 is 2.03 bits per heavy atom. The first kappa shape index (κ1) is 26.2. The van der Waals surface area contributed by atoms with Gasteiger partial charge in [0.15, 0.2) is 11.6 Å². The van der Waals surface area contributed by atoms with Gasteiger partial charge in [-0.2, -0.15) is 11.8 Å². The van der Waals surface area contributed by atoms with Crippen LogP contribution in [0.25, 0.3) is 0 Å². The van der Waals surface area contributed by atoms with Crippen LogP contribution in [0.4, 0.5) is 8.78 Å². The topological polar surface area (TPSA) is 0 Å². The Balaban J connectivity index is 1.20. The number of hydrogen-bond acceptors (Lipinski definition) is 1. The third-order valence-corrected chi connectivity index (χ3v) is 10.9. The van der Waals surface area contributed by atoms with Crippen molar-refractivity contribution >= 4 is 11.8 Å². The summed E-state index contributed by atoms with van der Waals surface area (Å²) in [5, 5.41) is 0.126. The molecule has 2 saturated carbocycles. The highest BCUT2D eigenvalue weighted by Gasteiger charge is 2.35. The Labute approximate surface area is 211 Å². The monoisotopic (exact) mass is 488 g/mol. The minimum atomic E-state index is -0.604. The summed E-state index contributed by atoms with van der Waals surface area (Å²) in [5.41, 5.74) is 1.13. The van der Waals surface area contributed by atoms with Gasteiger partial charge in [-0.3, -0.25) is 0 Å². The molecule has 0 aromatic heterocycles. The van der Waals surface area contributed by atoms with Crippen LogP contribution in [-0.2, 0) is 6.42 Å². The lowest BCUT2D eigenvalue weighted by Gasteiger charge is -2.41. The molecule has 1 saturated heterocycles. The predicted octanol–water partition coefficient (Wildman–Crippen LogP) is 10.1. The van der Waals surface area contributed by atoms with Gasteiger partial charge >= 0.3 is 0 Å². The molecule has 0 radical (unpaired) electrons. The summed E-state index contributed by atoms with van der Waals surface area (Å²) in [6.07, 6.45) is 22.3. The smallest absolute Gasteiger partial charge is 0.163 e. The predicted molar refractivity (Wildman–Crippen MR) is 143 cm³/mol. The molecule has 3 aliphatic rings. The van der Waals surface area contributed by atoms with Gasteiger partial charge in [-0.1, -0.05) is 50.5 Å². The Morgan fingerprint density at radius 1 is 0.824 bits per heavy atom. The number of halogens is 2. The Morgan fingerprint density at radius 2 is 1.44 bits per heavy atom. The molecule has 2 atom stereocenters. The number of hydrogen-bond donors (Lipinski definition) is 0. The number of aryl methyl sites for hydroxylation is 1. The number of thioether (sulfide) groups is 1. The molecule has 0 nitrogen and oxygen atoms in total. The maximum Gasteiger partial charge on any atom is 0.163 e. The summed E-state index contributed by atoms with van der Waals surface area (Å²) in [6, 6.07) is 3.68. The van der Waals surface area contributed by atoms with Crippen LogP contribution in [0, 0.1) is 41.2 Å². The van der Waals surface area contributed by atoms with Gasteiger partial charge in [-0.15, -0.1) is 0 Å². The molecule has 4 rings (SSSR count). The SMILES string of the molecule is C/C=C/CCC1CCC(C2CCC(C3CC[C@@H](c4ccc(CCC)c(F)c4F)SC3)CC2)CC1. The van der Waals surface area contributed by atoms with Crippen LogP contribution >= 0.6 is 11.8 Å². The first-order valence-corrected chi connectivity index (χ1v) is 15.3. The van der Waals surface area contributed by atoms with E-state index in [9.17, 15) is 8.78 Å². The highest BCUT2D eigenvalue weighted by molar-refractivity contribution is 7.99. The van der Waals surface area contributed by atoms with E-state index in [2.05, 4.69) is 19.1 Å². The second-order valence-corrected chi connectivity index (χ2v) is 12.7.